The minimum absolute atomic E-state index is 0.522. The molecule has 0 amide bonds. The maximum Gasteiger partial charge on any atom is 0.0603 e. The first-order chi connectivity index (χ1) is 6.47. The molecule has 1 aliphatic rings. The molecule has 84 valence electrons. The highest BCUT2D eigenvalue weighted by Crippen LogP contribution is 2.09. The average Bonchev–Trinajstić information content (AvgIpc) is 2.25. The van der Waals surface area contributed by atoms with Gasteiger partial charge < -0.3 is 15.3 Å². The van der Waals surface area contributed by atoms with Crippen molar-refractivity contribution in [2.45, 2.75) is 45.3 Å². The van der Waals surface area contributed by atoms with Crippen LogP contribution < -0.4 is 5.32 Å². The zero-order chi connectivity index (χ0) is 10.6. The molecule has 3 heteroatoms. The molecule has 0 aromatic carbocycles. The van der Waals surface area contributed by atoms with Gasteiger partial charge in [-0.25, -0.2) is 0 Å². The Labute approximate surface area is 87.5 Å². The molecule has 3 nitrogen and oxygen atoms in total. The van der Waals surface area contributed by atoms with E-state index in [1.807, 2.05) is 13.8 Å². The van der Waals surface area contributed by atoms with Gasteiger partial charge in [0.15, 0.2) is 0 Å². The van der Waals surface area contributed by atoms with Crippen molar-refractivity contribution in [2.75, 3.05) is 26.2 Å². The Hall–Kier alpha value is -0.120. The van der Waals surface area contributed by atoms with Crippen molar-refractivity contribution in [1.29, 1.82) is 0 Å². The monoisotopic (exact) mass is 200 g/mol. The van der Waals surface area contributed by atoms with Gasteiger partial charge in [0, 0.05) is 25.7 Å². The van der Waals surface area contributed by atoms with E-state index in [2.05, 4.69) is 17.1 Å². The summed E-state index contributed by atoms with van der Waals surface area (Å²) in [6.45, 7) is 10.4. The Bertz CT molecular complexity index is 165. The Kier molecular flexibility index (Phi) is 4.35. The highest BCUT2D eigenvalue weighted by Gasteiger charge is 2.17. The second-order valence-electron chi connectivity index (χ2n) is 5.05. The van der Waals surface area contributed by atoms with Gasteiger partial charge >= 0.3 is 0 Å². The van der Waals surface area contributed by atoms with Crippen molar-refractivity contribution >= 4 is 0 Å². The quantitative estimate of drug-likeness (QED) is 0.708. The third kappa shape index (κ3) is 4.94. The lowest BCUT2D eigenvalue weighted by molar-refractivity contribution is 0.0584. The molecule has 1 fully saturated rings. The van der Waals surface area contributed by atoms with Crippen LogP contribution in [0.25, 0.3) is 0 Å². The minimum atomic E-state index is -0.522. The van der Waals surface area contributed by atoms with E-state index in [1.54, 1.807) is 0 Å². The number of nitrogens with one attached hydrogen (secondary N) is 1. The standard InChI is InChI=1S/C11H24N2O/c1-10-4-7-13(9-6-12-10)8-5-11(2,3)14/h10,12,14H,4-9H2,1-3H3. The van der Waals surface area contributed by atoms with Crippen molar-refractivity contribution in [2.24, 2.45) is 0 Å². The normalized spacial score (nSPS) is 26.1. The number of hydrogen-bond donors (Lipinski definition) is 2. The lowest BCUT2D eigenvalue weighted by Crippen LogP contribution is -2.33. The van der Waals surface area contributed by atoms with Crippen molar-refractivity contribution in [1.82, 2.24) is 10.2 Å². The molecule has 1 heterocycles. The molecule has 0 saturated carbocycles. The first-order valence-corrected chi connectivity index (χ1v) is 5.65. The molecule has 0 radical (unpaired) electrons. The molecule has 2 N–H and O–H groups in total. The van der Waals surface area contributed by atoms with E-state index in [1.165, 1.54) is 6.42 Å². The fourth-order valence-electron chi connectivity index (χ4n) is 1.71. The third-order valence-corrected chi connectivity index (χ3v) is 2.84. The highest BCUT2D eigenvalue weighted by atomic mass is 16.3. The zero-order valence-corrected chi connectivity index (χ0v) is 9.71. The second-order valence-corrected chi connectivity index (χ2v) is 5.05. The number of aliphatic hydroxyl groups is 1. The molecule has 0 aromatic rings. The second kappa shape index (κ2) is 5.10. The van der Waals surface area contributed by atoms with Gasteiger partial charge in [-0.15, -0.1) is 0 Å². The molecule has 0 aromatic heterocycles. The van der Waals surface area contributed by atoms with Crippen LogP contribution in [0.4, 0.5) is 0 Å². The van der Waals surface area contributed by atoms with Crippen molar-refractivity contribution in [3.8, 4) is 0 Å². The SMILES string of the molecule is CC1CCN(CCC(C)(C)O)CCN1. The molecule has 1 unspecified atom stereocenters. The highest BCUT2D eigenvalue weighted by molar-refractivity contribution is 4.74. The Balaban J connectivity index is 2.24. The van der Waals surface area contributed by atoms with Crippen LogP contribution in [0.1, 0.15) is 33.6 Å². The van der Waals surface area contributed by atoms with E-state index in [4.69, 9.17) is 0 Å². The first-order valence-electron chi connectivity index (χ1n) is 5.65. The topological polar surface area (TPSA) is 35.5 Å². The predicted octanol–water partition coefficient (Wildman–Crippen LogP) is 0.831. The van der Waals surface area contributed by atoms with Crippen LogP contribution in [0.15, 0.2) is 0 Å². The van der Waals surface area contributed by atoms with Crippen LogP contribution in [0.5, 0.6) is 0 Å². The Morgan fingerprint density at radius 3 is 2.79 bits per heavy atom. The molecule has 0 aliphatic carbocycles. The number of hydrogen-bond acceptors (Lipinski definition) is 3. The molecule has 1 saturated heterocycles. The van der Waals surface area contributed by atoms with E-state index >= 15 is 0 Å². The Morgan fingerprint density at radius 2 is 2.14 bits per heavy atom. The molecule has 1 atom stereocenters. The number of rotatable bonds is 3. The summed E-state index contributed by atoms with van der Waals surface area (Å²) < 4.78 is 0. The molecule has 0 spiro atoms. The van der Waals surface area contributed by atoms with E-state index in [0.717, 1.165) is 32.6 Å². The first kappa shape index (κ1) is 12.0. The average molecular weight is 200 g/mol. The summed E-state index contributed by atoms with van der Waals surface area (Å²) in [6, 6.07) is 0.641. The smallest absolute Gasteiger partial charge is 0.0603 e. The third-order valence-electron chi connectivity index (χ3n) is 2.84. The summed E-state index contributed by atoms with van der Waals surface area (Å²) in [5.74, 6) is 0. The van der Waals surface area contributed by atoms with Gasteiger partial charge in [-0.3, -0.25) is 0 Å². The van der Waals surface area contributed by atoms with Gasteiger partial charge in [-0.2, -0.15) is 0 Å². The van der Waals surface area contributed by atoms with Crippen molar-refractivity contribution in [3.63, 3.8) is 0 Å². The van der Waals surface area contributed by atoms with Crippen LogP contribution in [-0.4, -0.2) is 47.8 Å². The van der Waals surface area contributed by atoms with Gasteiger partial charge in [-0.1, -0.05) is 0 Å². The van der Waals surface area contributed by atoms with Crippen molar-refractivity contribution in [3.05, 3.63) is 0 Å². The molecule has 1 rings (SSSR count). The summed E-state index contributed by atoms with van der Waals surface area (Å²) in [7, 11) is 0. The van der Waals surface area contributed by atoms with Gasteiger partial charge in [-0.05, 0) is 40.2 Å². The predicted molar refractivity (Wildman–Crippen MR) is 59.4 cm³/mol. The summed E-state index contributed by atoms with van der Waals surface area (Å²) in [5, 5.41) is 13.1. The summed E-state index contributed by atoms with van der Waals surface area (Å²) in [5.41, 5.74) is -0.522. The zero-order valence-electron chi connectivity index (χ0n) is 9.71. The van der Waals surface area contributed by atoms with Crippen LogP contribution >= 0.6 is 0 Å². The van der Waals surface area contributed by atoms with E-state index in [9.17, 15) is 5.11 Å². The van der Waals surface area contributed by atoms with E-state index in [0.29, 0.717) is 6.04 Å². The summed E-state index contributed by atoms with van der Waals surface area (Å²) >= 11 is 0. The fraction of sp³-hybridized carbons (Fsp3) is 1.00. The maximum absolute atomic E-state index is 9.63. The minimum Gasteiger partial charge on any atom is -0.390 e. The van der Waals surface area contributed by atoms with E-state index < -0.39 is 5.60 Å². The molecular weight excluding hydrogens is 176 g/mol. The molecule has 14 heavy (non-hydrogen) atoms. The lowest BCUT2D eigenvalue weighted by atomic mass is 10.1. The Morgan fingerprint density at radius 1 is 1.43 bits per heavy atom. The van der Waals surface area contributed by atoms with Gasteiger partial charge in [0.25, 0.3) is 0 Å². The number of nitrogens with zero attached hydrogens (tertiary/aromatic N) is 1. The van der Waals surface area contributed by atoms with Gasteiger partial charge in [0.1, 0.15) is 0 Å². The largest absolute Gasteiger partial charge is 0.390 e. The van der Waals surface area contributed by atoms with E-state index in [-0.39, 0.29) is 0 Å². The summed E-state index contributed by atoms with van der Waals surface area (Å²) in [4.78, 5) is 2.44. The summed E-state index contributed by atoms with van der Waals surface area (Å²) in [6.07, 6.45) is 2.08. The van der Waals surface area contributed by atoms with Gasteiger partial charge in [0.05, 0.1) is 5.60 Å². The maximum atomic E-state index is 9.63. The van der Waals surface area contributed by atoms with Crippen LogP contribution in [0.2, 0.25) is 0 Å². The van der Waals surface area contributed by atoms with Crippen LogP contribution in [0, 0.1) is 0 Å². The van der Waals surface area contributed by atoms with Gasteiger partial charge in [0.2, 0.25) is 0 Å². The molecule has 0 bridgehead atoms. The molecule has 1 aliphatic heterocycles. The fourth-order valence-corrected chi connectivity index (χ4v) is 1.71. The molecular formula is C11H24N2O. The van der Waals surface area contributed by atoms with Crippen LogP contribution in [0.3, 0.4) is 0 Å². The van der Waals surface area contributed by atoms with Crippen molar-refractivity contribution < 1.29 is 5.11 Å². The van der Waals surface area contributed by atoms with Crippen LogP contribution in [-0.2, 0) is 0 Å². The lowest BCUT2D eigenvalue weighted by Gasteiger charge is -2.24.